The molecule has 0 atom stereocenters. The van der Waals surface area contributed by atoms with E-state index in [9.17, 15) is 43.2 Å². The Morgan fingerprint density at radius 2 is 1.44 bits per heavy atom. The summed E-state index contributed by atoms with van der Waals surface area (Å²) in [5.41, 5.74) is -11.7. The van der Waals surface area contributed by atoms with E-state index < -0.39 is 63.6 Å². The first-order valence-corrected chi connectivity index (χ1v) is 16.4. The van der Waals surface area contributed by atoms with Crippen LogP contribution in [0.4, 0.5) is 26.3 Å². The molecule has 6 nitrogen and oxygen atoms in total. The second-order valence-electron chi connectivity index (χ2n) is 8.41. The first-order valence-electron chi connectivity index (χ1n) is 10.0. The van der Waals surface area contributed by atoms with Crippen LogP contribution < -0.4 is 9.37 Å². The summed E-state index contributed by atoms with van der Waals surface area (Å²) >= 11 is 0. The van der Waals surface area contributed by atoms with E-state index in [-0.39, 0.29) is 9.49 Å². The first-order chi connectivity index (χ1) is 16.3. The monoisotopic (exact) mass is 573 g/mol. The number of rotatable bonds is 7. The molecule has 0 saturated carbocycles. The van der Waals surface area contributed by atoms with Gasteiger partial charge in [-0.2, -0.15) is 39.1 Å². The molecule has 2 aromatic carbocycles. The molecule has 0 fully saturated rings. The Kier molecular flexibility index (Phi) is 8.61. The summed E-state index contributed by atoms with van der Waals surface area (Å²) < 4.78 is 132. The standard InChI is InChI=1S/C21H21F6NO5S2Si/c1-36(2,3)18-13-7-12-17(19(18)33-35(31,32)21(25,26)27)15-28(34(29,30)20(22,23)24)14-8-11-16-9-5-4-6-10-16/h4-7,9-10,12-13H,14-15H2,1-3H3. The average molecular weight is 574 g/mol. The summed E-state index contributed by atoms with van der Waals surface area (Å²) in [6.07, 6.45) is 0. The van der Waals surface area contributed by atoms with E-state index >= 15 is 0 Å². The van der Waals surface area contributed by atoms with E-state index in [0.29, 0.717) is 5.56 Å². The van der Waals surface area contributed by atoms with Gasteiger partial charge in [-0.3, -0.25) is 0 Å². The number of nitrogens with zero attached hydrogens (tertiary/aromatic N) is 1. The van der Waals surface area contributed by atoms with Gasteiger partial charge in [0.2, 0.25) is 0 Å². The Morgan fingerprint density at radius 1 is 0.861 bits per heavy atom. The van der Waals surface area contributed by atoms with Crippen LogP contribution in [-0.4, -0.2) is 46.8 Å². The van der Waals surface area contributed by atoms with Crippen molar-refractivity contribution in [2.75, 3.05) is 6.54 Å². The van der Waals surface area contributed by atoms with Gasteiger partial charge in [0, 0.05) is 17.7 Å². The lowest BCUT2D eigenvalue weighted by atomic mass is 10.2. The van der Waals surface area contributed by atoms with Gasteiger partial charge in [0.1, 0.15) is 5.75 Å². The zero-order valence-corrected chi connectivity index (χ0v) is 21.7. The maximum absolute atomic E-state index is 13.4. The highest BCUT2D eigenvalue weighted by Crippen LogP contribution is 2.32. The minimum Gasteiger partial charge on any atom is -0.376 e. The summed E-state index contributed by atoms with van der Waals surface area (Å²) in [6.45, 7) is 2.77. The van der Waals surface area contributed by atoms with Crippen LogP contribution in [0.5, 0.6) is 5.75 Å². The lowest BCUT2D eigenvalue weighted by Gasteiger charge is -2.26. The van der Waals surface area contributed by atoms with Crippen molar-refractivity contribution in [2.24, 2.45) is 0 Å². The molecule has 0 heterocycles. The lowest BCUT2D eigenvalue weighted by Crippen LogP contribution is -2.43. The van der Waals surface area contributed by atoms with Gasteiger partial charge in [-0.1, -0.05) is 67.9 Å². The quantitative estimate of drug-likeness (QED) is 0.163. The molecule has 0 amide bonds. The Labute approximate surface area is 206 Å². The molecule has 0 aliphatic heterocycles. The molecule has 0 radical (unpaired) electrons. The van der Waals surface area contributed by atoms with E-state index in [2.05, 4.69) is 16.0 Å². The predicted octanol–water partition coefficient (Wildman–Crippen LogP) is 4.16. The summed E-state index contributed by atoms with van der Waals surface area (Å²) in [6, 6.07) is 11.5. The molecule has 2 rings (SSSR count). The van der Waals surface area contributed by atoms with E-state index in [1.54, 1.807) is 37.8 Å². The number of hydrogen-bond acceptors (Lipinski definition) is 5. The van der Waals surface area contributed by atoms with Gasteiger partial charge in [-0.05, 0) is 17.3 Å². The largest absolute Gasteiger partial charge is 0.534 e. The third-order valence-electron chi connectivity index (χ3n) is 4.62. The fraction of sp³-hybridized carbons (Fsp3) is 0.333. The maximum Gasteiger partial charge on any atom is 0.534 e. The molecule has 2 aromatic rings. The van der Waals surface area contributed by atoms with Crippen molar-refractivity contribution >= 4 is 33.4 Å². The third kappa shape index (κ3) is 7.02. The fourth-order valence-electron chi connectivity index (χ4n) is 2.87. The minimum atomic E-state index is -6.20. The van der Waals surface area contributed by atoms with Crippen molar-refractivity contribution in [1.82, 2.24) is 4.31 Å². The number of halogens is 6. The van der Waals surface area contributed by atoms with Crippen molar-refractivity contribution in [1.29, 1.82) is 0 Å². The summed E-state index contributed by atoms with van der Waals surface area (Å²) in [5, 5.41) is 0.0348. The van der Waals surface area contributed by atoms with E-state index in [1.165, 1.54) is 24.3 Å². The summed E-state index contributed by atoms with van der Waals surface area (Å²) in [4.78, 5) is 0. The molecule has 0 aromatic heterocycles. The average Bonchev–Trinajstić information content (AvgIpc) is 2.72. The van der Waals surface area contributed by atoms with E-state index in [4.69, 9.17) is 0 Å². The van der Waals surface area contributed by atoms with Crippen molar-refractivity contribution in [3.05, 3.63) is 59.7 Å². The zero-order valence-electron chi connectivity index (χ0n) is 19.1. The molecule has 0 saturated heterocycles. The van der Waals surface area contributed by atoms with Crippen molar-refractivity contribution in [3.63, 3.8) is 0 Å². The molecule has 0 bridgehead atoms. The fourth-order valence-corrected chi connectivity index (χ4v) is 5.78. The molecule has 36 heavy (non-hydrogen) atoms. The molecule has 15 heteroatoms. The number of alkyl halides is 6. The smallest absolute Gasteiger partial charge is 0.376 e. The van der Waals surface area contributed by atoms with Crippen LogP contribution in [0, 0.1) is 11.8 Å². The number of sulfonamides is 1. The highest BCUT2D eigenvalue weighted by Gasteiger charge is 2.51. The SMILES string of the molecule is C[Si](C)(C)c1cccc(CN(CC#Cc2ccccc2)S(=O)(=O)C(F)(F)F)c1OS(=O)(=O)C(F)(F)F. The van der Waals surface area contributed by atoms with Crippen LogP contribution in [0.3, 0.4) is 0 Å². The van der Waals surface area contributed by atoms with Crippen molar-refractivity contribution in [2.45, 2.75) is 37.2 Å². The number of hydrogen-bond donors (Lipinski definition) is 0. The zero-order chi connectivity index (χ0) is 27.6. The Bertz CT molecular complexity index is 1360. The minimum absolute atomic E-state index is 0.0348. The highest BCUT2D eigenvalue weighted by molar-refractivity contribution is 7.90. The van der Waals surface area contributed by atoms with E-state index in [1.807, 2.05) is 0 Å². The number of para-hydroxylation sites is 1. The van der Waals surface area contributed by atoms with Gasteiger partial charge in [0.15, 0.2) is 0 Å². The van der Waals surface area contributed by atoms with Crippen LogP contribution in [0.1, 0.15) is 11.1 Å². The molecular formula is C21H21F6NO5S2Si. The second kappa shape index (κ2) is 10.4. The predicted molar refractivity (Wildman–Crippen MR) is 124 cm³/mol. The van der Waals surface area contributed by atoms with Gasteiger partial charge < -0.3 is 4.18 Å². The topological polar surface area (TPSA) is 80.8 Å². The maximum atomic E-state index is 13.4. The number of benzene rings is 2. The molecule has 0 N–H and O–H groups in total. The Morgan fingerprint density at radius 3 is 1.94 bits per heavy atom. The summed E-state index contributed by atoms with van der Waals surface area (Å²) in [7, 11) is -14.9. The van der Waals surface area contributed by atoms with Crippen molar-refractivity contribution in [3.8, 4) is 17.6 Å². The molecule has 0 spiro atoms. The van der Waals surface area contributed by atoms with Gasteiger partial charge >= 0.3 is 31.2 Å². The highest BCUT2D eigenvalue weighted by atomic mass is 32.2. The van der Waals surface area contributed by atoms with Gasteiger partial charge in [0.25, 0.3) is 0 Å². The van der Waals surface area contributed by atoms with Crippen LogP contribution >= 0.6 is 0 Å². The lowest BCUT2D eigenvalue weighted by molar-refractivity contribution is -0.0500. The third-order valence-corrected chi connectivity index (χ3v) is 9.11. The normalized spacial score (nSPS) is 13.3. The van der Waals surface area contributed by atoms with Gasteiger partial charge in [0.05, 0.1) is 14.6 Å². The van der Waals surface area contributed by atoms with E-state index in [0.717, 1.165) is 6.07 Å². The van der Waals surface area contributed by atoms with Crippen LogP contribution in [0.2, 0.25) is 19.6 Å². The van der Waals surface area contributed by atoms with Crippen LogP contribution in [-0.2, 0) is 26.7 Å². The second-order valence-corrected chi connectivity index (χ2v) is 16.9. The van der Waals surface area contributed by atoms with Gasteiger partial charge in [-0.25, -0.2) is 8.42 Å². The van der Waals surface area contributed by atoms with Gasteiger partial charge in [-0.15, -0.1) is 0 Å². The molecular weight excluding hydrogens is 552 g/mol. The first kappa shape index (κ1) is 29.7. The molecule has 0 unspecified atom stereocenters. The van der Waals surface area contributed by atoms with Crippen LogP contribution in [0.25, 0.3) is 0 Å². The Hall–Kier alpha value is -2.54. The molecule has 198 valence electrons. The van der Waals surface area contributed by atoms with Crippen molar-refractivity contribution < 1.29 is 47.4 Å². The Balaban J connectivity index is 2.64. The van der Waals surface area contributed by atoms with Crippen LogP contribution in [0.15, 0.2) is 48.5 Å². The summed E-state index contributed by atoms with van der Waals surface area (Å²) in [5.74, 6) is 3.95. The molecule has 0 aliphatic rings. The molecule has 0 aliphatic carbocycles.